The third-order valence-electron chi connectivity index (χ3n) is 4.13. The first kappa shape index (κ1) is 13.9. The average molecular weight is 283 g/mol. The van der Waals surface area contributed by atoms with Gasteiger partial charge >= 0.3 is 0 Å². The molecule has 1 fully saturated rings. The van der Waals surface area contributed by atoms with Crippen molar-refractivity contribution in [2.45, 2.75) is 39.2 Å². The van der Waals surface area contributed by atoms with Crippen LogP contribution in [-0.4, -0.2) is 27.5 Å². The summed E-state index contributed by atoms with van der Waals surface area (Å²) in [5.41, 5.74) is 4.03. The lowest BCUT2D eigenvalue weighted by molar-refractivity contribution is 0.0746. The fourth-order valence-corrected chi connectivity index (χ4v) is 2.53. The van der Waals surface area contributed by atoms with E-state index in [1.54, 1.807) is 0 Å². The van der Waals surface area contributed by atoms with Gasteiger partial charge in [-0.15, -0.1) is 0 Å². The quantitative estimate of drug-likeness (QED) is 0.915. The van der Waals surface area contributed by atoms with E-state index >= 15 is 0 Å². The number of aromatic nitrogens is 2. The Labute approximate surface area is 125 Å². The second-order valence-corrected chi connectivity index (χ2v) is 5.73. The number of H-pyrrole nitrogens is 1. The number of hydrogen-bond donors (Lipinski definition) is 1. The van der Waals surface area contributed by atoms with Gasteiger partial charge in [0.05, 0.1) is 0 Å². The molecule has 1 N–H and O–H groups in total. The summed E-state index contributed by atoms with van der Waals surface area (Å²) in [5.74, 6) is 0.592. The largest absolute Gasteiger partial charge is 0.333 e. The summed E-state index contributed by atoms with van der Waals surface area (Å²) in [6.07, 6.45) is 2.41. The lowest BCUT2D eigenvalue weighted by Gasteiger charge is -2.20. The van der Waals surface area contributed by atoms with E-state index in [-0.39, 0.29) is 5.91 Å². The summed E-state index contributed by atoms with van der Waals surface area (Å²) in [6.45, 7) is 5.39. The highest BCUT2D eigenvalue weighted by Gasteiger charge is 2.27. The van der Waals surface area contributed by atoms with Crippen LogP contribution in [0.1, 0.15) is 53.0 Å². The number of aromatic amines is 1. The Hall–Kier alpha value is -2.10. The maximum Gasteiger partial charge on any atom is 0.274 e. The molecule has 0 aliphatic heterocycles. The second-order valence-electron chi connectivity index (χ2n) is 5.73. The second kappa shape index (κ2) is 5.72. The van der Waals surface area contributed by atoms with Crippen molar-refractivity contribution in [1.29, 1.82) is 0 Å². The Kier molecular flexibility index (Phi) is 3.78. The maximum absolute atomic E-state index is 12.6. The summed E-state index contributed by atoms with van der Waals surface area (Å²) < 4.78 is 0. The van der Waals surface area contributed by atoms with Gasteiger partial charge in [0.15, 0.2) is 0 Å². The zero-order valence-electron chi connectivity index (χ0n) is 12.6. The molecule has 1 aromatic heterocycles. The molecule has 0 radical (unpaired) electrons. The van der Waals surface area contributed by atoms with E-state index in [1.807, 2.05) is 30.0 Å². The van der Waals surface area contributed by atoms with Gasteiger partial charge in [-0.2, -0.15) is 5.10 Å². The van der Waals surface area contributed by atoms with E-state index in [0.717, 1.165) is 5.69 Å². The van der Waals surface area contributed by atoms with Crippen molar-refractivity contribution < 1.29 is 4.79 Å². The van der Waals surface area contributed by atoms with Crippen LogP contribution in [0, 0.1) is 6.92 Å². The highest BCUT2D eigenvalue weighted by atomic mass is 16.2. The van der Waals surface area contributed by atoms with Gasteiger partial charge in [0.1, 0.15) is 5.69 Å². The van der Waals surface area contributed by atoms with Crippen molar-refractivity contribution >= 4 is 5.91 Å². The molecule has 1 saturated carbocycles. The van der Waals surface area contributed by atoms with E-state index in [9.17, 15) is 4.79 Å². The molecule has 3 rings (SSSR count). The molecule has 4 nitrogen and oxygen atoms in total. The Morgan fingerprint density at radius 1 is 1.38 bits per heavy atom. The Balaban J connectivity index is 1.75. The fourth-order valence-electron chi connectivity index (χ4n) is 2.53. The minimum absolute atomic E-state index is 0.00361. The first-order valence-corrected chi connectivity index (χ1v) is 7.58. The smallest absolute Gasteiger partial charge is 0.274 e. The predicted octanol–water partition coefficient (Wildman–Crippen LogP) is 3.26. The molecule has 1 amide bonds. The molecule has 110 valence electrons. The molecule has 21 heavy (non-hydrogen) atoms. The standard InChI is InChI=1S/C17H21N3O/c1-3-20(11-14-7-5-4-6-12(14)2)17(21)16-10-15(18-19-16)13-8-9-13/h4-7,10,13H,3,8-9,11H2,1-2H3,(H,18,19). The van der Waals surface area contributed by atoms with Crippen LogP contribution in [0.5, 0.6) is 0 Å². The van der Waals surface area contributed by atoms with Crippen molar-refractivity contribution in [2.75, 3.05) is 6.54 Å². The average Bonchev–Trinajstić information content (AvgIpc) is 3.23. The number of hydrogen-bond acceptors (Lipinski definition) is 2. The van der Waals surface area contributed by atoms with Crippen molar-refractivity contribution in [3.05, 3.63) is 52.8 Å². The van der Waals surface area contributed by atoms with Gasteiger partial charge in [-0.05, 0) is 43.9 Å². The predicted molar refractivity (Wildman–Crippen MR) is 82.2 cm³/mol. The molecule has 0 bridgehead atoms. The zero-order chi connectivity index (χ0) is 14.8. The van der Waals surface area contributed by atoms with E-state index in [1.165, 1.54) is 24.0 Å². The first-order chi connectivity index (χ1) is 10.2. The Morgan fingerprint density at radius 2 is 2.14 bits per heavy atom. The number of carbonyl (C=O) groups is 1. The maximum atomic E-state index is 12.6. The van der Waals surface area contributed by atoms with Gasteiger partial charge in [-0.1, -0.05) is 24.3 Å². The molecule has 0 saturated heterocycles. The van der Waals surface area contributed by atoms with Gasteiger partial charge in [-0.3, -0.25) is 9.89 Å². The molecule has 1 heterocycles. The summed E-state index contributed by atoms with van der Waals surface area (Å²) in [7, 11) is 0. The number of nitrogens with zero attached hydrogens (tertiary/aromatic N) is 2. The fraction of sp³-hybridized carbons (Fsp3) is 0.412. The molecule has 1 aliphatic rings. The number of rotatable bonds is 5. The number of benzene rings is 1. The minimum atomic E-state index is 0.00361. The summed E-state index contributed by atoms with van der Waals surface area (Å²) in [4.78, 5) is 14.4. The molecule has 0 atom stereocenters. The van der Waals surface area contributed by atoms with Gasteiger partial charge in [0, 0.05) is 24.7 Å². The lowest BCUT2D eigenvalue weighted by Crippen LogP contribution is -2.30. The van der Waals surface area contributed by atoms with E-state index in [4.69, 9.17) is 0 Å². The molecule has 2 aromatic rings. The van der Waals surface area contributed by atoms with Crippen LogP contribution in [0.3, 0.4) is 0 Å². The van der Waals surface area contributed by atoms with Crippen molar-refractivity contribution in [3.63, 3.8) is 0 Å². The third kappa shape index (κ3) is 2.99. The lowest BCUT2D eigenvalue weighted by atomic mass is 10.1. The monoisotopic (exact) mass is 283 g/mol. The van der Waals surface area contributed by atoms with Crippen molar-refractivity contribution in [3.8, 4) is 0 Å². The van der Waals surface area contributed by atoms with E-state index in [2.05, 4.69) is 29.3 Å². The molecule has 4 heteroatoms. The molecule has 1 aliphatic carbocycles. The van der Waals surface area contributed by atoms with Crippen LogP contribution >= 0.6 is 0 Å². The number of amides is 1. The first-order valence-electron chi connectivity index (χ1n) is 7.58. The van der Waals surface area contributed by atoms with Gasteiger partial charge in [0.25, 0.3) is 5.91 Å². The third-order valence-corrected chi connectivity index (χ3v) is 4.13. The normalized spacial score (nSPS) is 14.2. The van der Waals surface area contributed by atoms with E-state index < -0.39 is 0 Å². The Morgan fingerprint density at radius 3 is 2.81 bits per heavy atom. The topological polar surface area (TPSA) is 49.0 Å². The molecule has 1 aromatic carbocycles. The van der Waals surface area contributed by atoms with Gasteiger partial charge in [0.2, 0.25) is 0 Å². The zero-order valence-corrected chi connectivity index (χ0v) is 12.6. The van der Waals surface area contributed by atoms with Crippen LogP contribution in [-0.2, 0) is 6.54 Å². The van der Waals surface area contributed by atoms with Crippen LogP contribution in [0.4, 0.5) is 0 Å². The van der Waals surface area contributed by atoms with Crippen molar-refractivity contribution in [2.24, 2.45) is 0 Å². The van der Waals surface area contributed by atoms with Crippen LogP contribution in [0.2, 0.25) is 0 Å². The van der Waals surface area contributed by atoms with Crippen LogP contribution in [0.15, 0.2) is 30.3 Å². The molecule has 0 spiro atoms. The van der Waals surface area contributed by atoms with Gasteiger partial charge in [-0.25, -0.2) is 0 Å². The number of aryl methyl sites for hydroxylation is 1. The molecular formula is C17H21N3O. The summed E-state index contributed by atoms with van der Waals surface area (Å²) in [6, 6.07) is 10.1. The van der Waals surface area contributed by atoms with Crippen LogP contribution in [0.25, 0.3) is 0 Å². The molecule has 0 unspecified atom stereocenters. The molecular weight excluding hydrogens is 262 g/mol. The minimum Gasteiger partial charge on any atom is -0.333 e. The highest BCUT2D eigenvalue weighted by molar-refractivity contribution is 5.92. The van der Waals surface area contributed by atoms with Gasteiger partial charge < -0.3 is 4.90 Å². The van der Waals surface area contributed by atoms with Crippen molar-refractivity contribution in [1.82, 2.24) is 15.1 Å². The Bertz CT molecular complexity index is 643. The summed E-state index contributed by atoms with van der Waals surface area (Å²) >= 11 is 0. The number of nitrogens with one attached hydrogen (secondary N) is 1. The highest BCUT2D eigenvalue weighted by Crippen LogP contribution is 2.39. The van der Waals surface area contributed by atoms with Crippen LogP contribution < -0.4 is 0 Å². The van der Waals surface area contributed by atoms with E-state index in [0.29, 0.717) is 24.7 Å². The summed E-state index contributed by atoms with van der Waals surface area (Å²) in [5, 5.41) is 7.20. The number of carbonyl (C=O) groups excluding carboxylic acids is 1. The SMILES string of the molecule is CCN(Cc1ccccc1C)C(=O)c1cc(C2CC2)[nH]n1.